The fraction of sp³-hybridized carbons (Fsp3) is 0.368. The Morgan fingerprint density at radius 3 is 2.50 bits per heavy atom. The maximum absolute atomic E-state index is 5.64. The molecule has 0 aliphatic carbocycles. The van der Waals surface area contributed by atoms with Gasteiger partial charge in [-0.15, -0.1) is 0 Å². The average molecular weight is 298 g/mol. The molecule has 116 valence electrons. The quantitative estimate of drug-likeness (QED) is 0.935. The third kappa shape index (κ3) is 2.81. The molecule has 1 aliphatic heterocycles. The Balaban J connectivity index is 1.81. The minimum absolute atomic E-state index is 0.889. The van der Waals surface area contributed by atoms with Gasteiger partial charge in [-0.3, -0.25) is 0 Å². The minimum atomic E-state index is 0.889. The molecule has 22 heavy (non-hydrogen) atoms. The number of fused-ring (bicyclic) bond motifs is 1. The van der Waals surface area contributed by atoms with Crippen LogP contribution in [-0.4, -0.2) is 20.8 Å². The number of benzene rings is 2. The fourth-order valence-corrected chi connectivity index (χ4v) is 3.44. The highest BCUT2D eigenvalue weighted by Gasteiger charge is 2.21. The van der Waals surface area contributed by atoms with Gasteiger partial charge in [0.25, 0.3) is 0 Å². The first-order valence-corrected chi connectivity index (χ1v) is 7.83. The molecule has 3 nitrogen and oxygen atoms in total. The summed E-state index contributed by atoms with van der Waals surface area (Å²) in [6.07, 6.45) is 1.16. The van der Waals surface area contributed by atoms with Crippen molar-refractivity contribution < 1.29 is 14.4 Å². The highest BCUT2D eigenvalue weighted by atomic mass is 16.5. The van der Waals surface area contributed by atoms with Gasteiger partial charge in [-0.05, 0) is 24.6 Å². The SMILES string of the molecule is COc1ccc(C[NH+]2CCc3ccccc3C2)c(OC)c1C. The third-order valence-electron chi connectivity index (χ3n) is 4.61. The largest absolute Gasteiger partial charge is 0.496 e. The van der Waals surface area contributed by atoms with E-state index in [0.717, 1.165) is 36.6 Å². The maximum atomic E-state index is 5.64. The molecule has 1 unspecified atom stereocenters. The van der Waals surface area contributed by atoms with E-state index >= 15 is 0 Å². The summed E-state index contributed by atoms with van der Waals surface area (Å²) >= 11 is 0. The van der Waals surface area contributed by atoms with Crippen LogP contribution in [0, 0.1) is 6.92 Å². The van der Waals surface area contributed by atoms with E-state index in [2.05, 4.69) is 37.3 Å². The second-order valence-electron chi connectivity index (χ2n) is 5.96. The molecule has 1 aliphatic rings. The van der Waals surface area contributed by atoms with E-state index in [1.54, 1.807) is 19.1 Å². The zero-order valence-electron chi connectivity index (χ0n) is 13.6. The molecule has 0 saturated carbocycles. The van der Waals surface area contributed by atoms with Crippen molar-refractivity contribution in [3.63, 3.8) is 0 Å². The number of nitrogens with one attached hydrogen (secondary N) is 1. The summed E-state index contributed by atoms with van der Waals surface area (Å²) in [5.74, 6) is 1.85. The van der Waals surface area contributed by atoms with E-state index in [-0.39, 0.29) is 0 Å². The van der Waals surface area contributed by atoms with Crippen molar-refractivity contribution in [3.05, 3.63) is 58.7 Å². The summed E-state index contributed by atoms with van der Waals surface area (Å²) in [5, 5.41) is 0. The van der Waals surface area contributed by atoms with Gasteiger partial charge in [0, 0.05) is 23.1 Å². The smallest absolute Gasteiger partial charge is 0.134 e. The summed E-state index contributed by atoms with van der Waals surface area (Å²) in [4.78, 5) is 1.58. The number of hydrogen-bond acceptors (Lipinski definition) is 2. The first kappa shape index (κ1) is 14.9. The Hall–Kier alpha value is -2.00. The topological polar surface area (TPSA) is 22.9 Å². The second-order valence-corrected chi connectivity index (χ2v) is 5.96. The highest BCUT2D eigenvalue weighted by molar-refractivity contribution is 5.49. The van der Waals surface area contributed by atoms with Crippen molar-refractivity contribution in [2.24, 2.45) is 0 Å². The average Bonchev–Trinajstić information content (AvgIpc) is 2.55. The Labute approximate surface area is 132 Å². The van der Waals surface area contributed by atoms with Crippen molar-refractivity contribution in [2.75, 3.05) is 20.8 Å². The lowest BCUT2D eigenvalue weighted by Gasteiger charge is -2.26. The Bertz CT molecular complexity index is 666. The van der Waals surface area contributed by atoms with Crippen molar-refractivity contribution in [1.82, 2.24) is 0 Å². The molecular formula is C19H24NO2+. The van der Waals surface area contributed by atoms with Crippen LogP contribution in [0.3, 0.4) is 0 Å². The molecule has 0 spiro atoms. The number of hydrogen-bond donors (Lipinski definition) is 1. The van der Waals surface area contributed by atoms with Gasteiger partial charge in [-0.25, -0.2) is 0 Å². The van der Waals surface area contributed by atoms with Crippen LogP contribution in [0.25, 0.3) is 0 Å². The van der Waals surface area contributed by atoms with E-state index in [1.807, 2.05) is 6.07 Å². The van der Waals surface area contributed by atoms with Gasteiger partial charge < -0.3 is 14.4 Å². The van der Waals surface area contributed by atoms with Gasteiger partial charge >= 0.3 is 0 Å². The first-order valence-electron chi connectivity index (χ1n) is 7.83. The molecule has 0 radical (unpaired) electrons. The summed E-state index contributed by atoms with van der Waals surface area (Å²) in [7, 11) is 3.44. The van der Waals surface area contributed by atoms with Gasteiger partial charge in [0.15, 0.2) is 0 Å². The number of methoxy groups -OCH3 is 2. The molecule has 2 aromatic carbocycles. The zero-order chi connectivity index (χ0) is 15.5. The van der Waals surface area contributed by atoms with E-state index in [4.69, 9.17) is 9.47 Å². The number of rotatable bonds is 4. The Morgan fingerprint density at radius 2 is 1.77 bits per heavy atom. The molecule has 0 bridgehead atoms. The molecular weight excluding hydrogens is 274 g/mol. The lowest BCUT2D eigenvalue weighted by molar-refractivity contribution is -0.929. The van der Waals surface area contributed by atoms with E-state index in [0.29, 0.717) is 0 Å². The van der Waals surface area contributed by atoms with Gasteiger partial charge in [0.1, 0.15) is 24.6 Å². The summed E-state index contributed by atoms with van der Waals surface area (Å²) in [5.41, 5.74) is 5.33. The van der Waals surface area contributed by atoms with E-state index in [9.17, 15) is 0 Å². The third-order valence-corrected chi connectivity index (χ3v) is 4.61. The van der Waals surface area contributed by atoms with Crippen LogP contribution in [0.1, 0.15) is 22.3 Å². The predicted octanol–water partition coefficient (Wildman–Crippen LogP) is 2.15. The predicted molar refractivity (Wildman–Crippen MR) is 87.7 cm³/mol. The second kappa shape index (κ2) is 6.41. The monoisotopic (exact) mass is 298 g/mol. The van der Waals surface area contributed by atoms with Crippen molar-refractivity contribution in [1.29, 1.82) is 0 Å². The van der Waals surface area contributed by atoms with Gasteiger partial charge in [0.05, 0.1) is 20.8 Å². The van der Waals surface area contributed by atoms with Crippen LogP contribution in [0.4, 0.5) is 0 Å². The van der Waals surface area contributed by atoms with Crippen LogP contribution in [0.2, 0.25) is 0 Å². The van der Waals surface area contributed by atoms with Crippen molar-refractivity contribution in [2.45, 2.75) is 26.4 Å². The molecule has 0 fully saturated rings. The first-order chi connectivity index (χ1) is 10.7. The maximum Gasteiger partial charge on any atom is 0.134 e. The summed E-state index contributed by atoms with van der Waals surface area (Å²) in [6, 6.07) is 13.0. The lowest BCUT2D eigenvalue weighted by atomic mass is 9.99. The number of quaternary nitrogens is 1. The number of ether oxygens (including phenoxy) is 2. The normalized spacial score (nSPS) is 17.0. The van der Waals surface area contributed by atoms with Crippen LogP contribution < -0.4 is 14.4 Å². The summed E-state index contributed by atoms with van der Waals surface area (Å²) in [6.45, 7) is 5.31. The van der Waals surface area contributed by atoms with Gasteiger partial charge in [-0.2, -0.15) is 0 Å². The van der Waals surface area contributed by atoms with Crippen LogP contribution in [-0.2, 0) is 19.5 Å². The summed E-state index contributed by atoms with van der Waals surface area (Å²) < 4.78 is 11.0. The molecule has 1 atom stereocenters. The zero-order valence-corrected chi connectivity index (χ0v) is 13.6. The van der Waals surface area contributed by atoms with Crippen LogP contribution in [0.15, 0.2) is 36.4 Å². The van der Waals surface area contributed by atoms with E-state index in [1.165, 1.54) is 23.2 Å². The molecule has 1 heterocycles. The molecule has 0 amide bonds. The standard InChI is InChI=1S/C19H23NO2/c1-14-18(21-2)9-8-17(19(14)22-3)13-20-11-10-15-6-4-5-7-16(15)12-20/h4-9H,10-13H2,1-3H3/p+1. The molecule has 2 aromatic rings. The van der Waals surface area contributed by atoms with Crippen LogP contribution >= 0.6 is 0 Å². The van der Waals surface area contributed by atoms with E-state index < -0.39 is 0 Å². The minimum Gasteiger partial charge on any atom is -0.496 e. The van der Waals surface area contributed by atoms with Gasteiger partial charge in [0.2, 0.25) is 0 Å². The lowest BCUT2D eigenvalue weighted by Crippen LogP contribution is -3.10. The molecule has 1 N–H and O–H groups in total. The molecule has 0 aromatic heterocycles. The fourth-order valence-electron chi connectivity index (χ4n) is 3.44. The van der Waals surface area contributed by atoms with Gasteiger partial charge in [-0.1, -0.05) is 24.3 Å². The highest BCUT2D eigenvalue weighted by Crippen LogP contribution is 2.30. The Morgan fingerprint density at radius 1 is 1.00 bits per heavy atom. The van der Waals surface area contributed by atoms with Crippen molar-refractivity contribution in [3.8, 4) is 11.5 Å². The van der Waals surface area contributed by atoms with Crippen molar-refractivity contribution >= 4 is 0 Å². The Kier molecular flexibility index (Phi) is 4.34. The molecule has 3 rings (SSSR count). The van der Waals surface area contributed by atoms with Crippen LogP contribution in [0.5, 0.6) is 11.5 Å². The molecule has 0 saturated heterocycles. The molecule has 3 heteroatoms.